The van der Waals surface area contributed by atoms with Gasteiger partial charge in [-0.05, 0) is 77.0 Å². The molecule has 0 rings (SSSR count). The van der Waals surface area contributed by atoms with Gasteiger partial charge in [0.05, 0.1) is 13.2 Å². The summed E-state index contributed by atoms with van der Waals surface area (Å²) < 4.78 is 10.4. The molecule has 0 fully saturated rings. The summed E-state index contributed by atoms with van der Waals surface area (Å²) in [6.45, 7) is 5.28. The molecule has 0 unspecified atom stereocenters. The number of carbonyl (C=O) groups is 1. The molecule has 0 spiro atoms. The van der Waals surface area contributed by atoms with E-state index in [4.69, 9.17) is 9.47 Å². The summed E-state index contributed by atoms with van der Waals surface area (Å²) >= 11 is 0. The first-order valence-corrected chi connectivity index (χ1v) is 16.5. The summed E-state index contributed by atoms with van der Waals surface area (Å²) in [4.78, 5) is 11.7. The van der Waals surface area contributed by atoms with E-state index in [0.717, 1.165) is 64.2 Å². The Morgan fingerprint density at radius 2 is 0.700 bits per heavy atom. The van der Waals surface area contributed by atoms with E-state index in [1.165, 1.54) is 64.2 Å². The van der Waals surface area contributed by atoms with Crippen molar-refractivity contribution < 1.29 is 14.3 Å². The highest BCUT2D eigenvalue weighted by Crippen LogP contribution is 2.10. The fourth-order valence-electron chi connectivity index (χ4n) is 4.15. The lowest BCUT2D eigenvalue weighted by atomic mass is 10.1. The van der Waals surface area contributed by atoms with Crippen LogP contribution in [-0.4, -0.2) is 19.4 Å². The fourth-order valence-corrected chi connectivity index (χ4v) is 4.15. The molecular formula is C37H62O3. The molecule has 3 heteroatoms. The Morgan fingerprint density at radius 1 is 0.400 bits per heavy atom. The van der Waals surface area contributed by atoms with Crippen LogP contribution in [0.15, 0.2) is 72.9 Å². The minimum Gasteiger partial charge on any atom is -0.434 e. The standard InChI is InChI=1S/C37H62O3/c1-3-5-7-9-11-13-15-17-19-21-23-25-27-29-31-33-35-39-37(38)40-36-34-32-30-28-26-24-22-20-18-16-14-12-10-8-6-4-2/h5-8,11-14,17-20H,3-4,9-10,15-16,21-36H2,1-2H3/b7-5-,8-6-,13-11-,14-12-,19-17-,20-18-. The fraction of sp³-hybridized carbons (Fsp3) is 0.649. The number of hydrogen-bond donors (Lipinski definition) is 0. The van der Waals surface area contributed by atoms with Crippen LogP contribution in [0.3, 0.4) is 0 Å². The minimum absolute atomic E-state index is 0.477. The third-order valence-corrected chi connectivity index (χ3v) is 6.53. The Kier molecular flexibility index (Phi) is 32.7. The van der Waals surface area contributed by atoms with Crippen LogP contribution >= 0.6 is 0 Å². The predicted molar refractivity (Wildman–Crippen MR) is 176 cm³/mol. The first-order chi connectivity index (χ1) is 19.8. The average Bonchev–Trinajstić information content (AvgIpc) is 2.96. The van der Waals surface area contributed by atoms with Crippen molar-refractivity contribution in [1.82, 2.24) is 0 Å². The highest BCUT2D eigenvalue weighted by Gasteiger charge is 2.03. The van der Waals surface area contributed by atoms with Gasteiger partial charge in [-0.2, -0.15) is 0 Å². The molecule has 0 atom stereocenters. The first-order valence-electron chi connectivity index (χ1n) is 16.5. The van der Waals surface area contributed by atoms with E-state index in [9.17, 15) is 4.79 Å². The van der Waals surface area contributed by atoms with E-state index >= 15 is 0 Å². The van der Waals surface area contributed by atoms with E-state index in [2.05, 4.69) is 86.8 Å². The van der Waals surface area contributed by atoms with E-state index < -0.39 is 6.16 Å². The zero-order chi connectivity index (χ0) is 29.0. The molecule has 0 heterocycles. The number of ether oxygens (including phenoxy) is 2. The Balaban J connectivity index is 3.31. The van der Waals surface area contributed by atoms with Crippen LogP contribution in [0.1, 0.15) is 142 Å². The van der Waals surface area contributed by atoms with Crippen molar-refractivity contribution in [1.29, 1.82) is 0 Å². The van der Waals surface area contributed by atoms with Gasteiger partial charge in [0.25, 0.3) is 0 Å². The Morgan fingerprint density at radius 3 is 1.07 bits per heavy atom. The molecule has 0 radical (unpaired) electrons. The maximum absolute atomic E-state index is 11.7. The van der Waals surface area contributed by atoms with Gasteiger partial charge in [0.15, 0.2) is 0 Å². The van der Waals surface area contributed by atoms with E-state index in [1.807, 2.05) is 0 Å². The quantitative estimate of drug-likeness (QED) is 0.0548. The molecule has 0 saturated carbocycles. The average molecular weight is 555 g/mol. The van der Waals surface area contributed by atoms with E-state index in [1.54, 1.807) is 0 Å². The van der Waals surface area contributed by atoms with Crippen LogP contribution in [0.4, 0.5) is 4.79 Å². The summed E-state index contributed by atoms with van der Waals surface area (Å²) in [6.07, 6.45) is 49.3. The molecule has 0 bridgehead atoms. The molecular weight excluding hydrogens is 492 g/mol. The SMILES string of the molecule is CC/C=C\C/C=C\C/C=C\CCCCCCCCOC(=O)OCCCCCCCC/C=C\C/C=C\C/C=C\CC. The summed E-state index contributed by atoms with van der Waals surface area (Å²) in [6, 6.07) is 0. The first kappa shape index (κ1) is 37.7. The summed E-state index contributed by atoms with van der Waals surface area (Å²) in [7, 11) is 0. The van der Waals surface area contributed by atoms with Gasteiger partial charge in [0.2, 0.25) is 0 Å². The highest BCUT2D eigenvalue weighted by atomic mass is 16.7. The van der Waals surface area contributed by atoms with Crippen LogP contribution in [0.2, 0.25) is 0 Å². The van der Waals surface area contributed by atoms with Crippen molar-refractivity contribution in [2.75, 3.05) is 13.2 Å². The number of hydrogen-bond acceptors (Lipinski definition) is 3. The maximum Gasteiger partial charge on any atom is 0.508 e. The van der Waals surface area contributed by atoms with Crippen LogP contribution in [0.5, 0.6) is 0 Å². The predicted octanol–water partition coefficient (Wildman–Crippen LogP) is 12.3. The molecule has 0 amide bonds. The number of unbranched alkanes of at least 4 members (excludes halogenated alkanes) is 12. The van der Waals surface area contributed by atoms with Crippen LogP contribution in [0.25, 0.3) is 0 Å². The molecule has 0 N–H and O–H groups in total. The monoisotopic (exact) mass is 554 g/mol. The molecule has 228 valence electrons. The molecule has 0 aromatic heterocycles. The second-order valence-corrected chi connectivity index (χ2v) is 10.4. The summed E-state index contributed by atoms with van der Waals surface area (Å²) in [5.74, 6) is 0. The second-order valence-electron chi connectivity index (χ2n) is 10.4. The highest BCUT2D eigenvalue weighted by molar-refractivity contribution is 5.59. The zero-order valence-corrected chi connectivity index (χ0v) is 26.2. The van der Waals surface area contributed by atoms with Crippen molar-refractivity contribution in [3.8, 4) is 0 Å². The van der Waals surface area contributed by atoms with Crippen LogP contribution in [0, 0.1) is 0 Å². The Hall–Kier alpha value is -2.29. The number of allylic oxidation sites excluding steroid dienone is 12. The Bertz CT molecular complexity index is 638. The molecule has 0 aromatic rings. The third-order valence-electron chi connectivity index (χ3n) is 6.53. The molecule has 3 nitrogen and oxygen atoms in total. The normalized spacial score (nSPS) is 12.4. The van der Waals surface area contributed by atoms with Crippen molar-refractivity contribution in [2.45, 2.75) is 142 Å². The van der Waals surface area contributed by atoms with Gasteiger partial charge in [-0.1, -0.05) is 138 Å². The largest absolute Gasteiger partial charge is 0.508 e. The summed E-state index contributed by atoms with van der Waals surface area (Å²) in [5, 5.41) is 0. The lowest BCUT2D eigenvalue weighted by Crippen LogP contribution is -2.09. The maximum atomic E-state index is 11.7. The van der Waals surface area contributed by atoms with Gasteiger partial charge < -0.3 is 9.47 Å². The molecule has 0 aliphatic carbocycles. The topological polar surface area (TPSA) is 35.5 Å². The van der Waals surface area contributed by atoms with Gasteiger partial charge >= 0.3 is 6.16 Å². The van der Waals surface area contributed by atoms with Gasteiger partial charge in [-0.15, -0.1) is 0 Å². The van der Waals surface area contributed by atoms with Gasteiger partial charge in [-0.25, -0.2) is 4.79 Å². The Labute approximate surface area is 248 Å². The number of rotatable bonds is 28. The zero-order valence-electron chi connectivity index (χ0n) is 26.2. The molecule has 0 saturated heterocycles. The lowest BCUT2D eigenvalue weighted by molar-refractivity contribution is 0.0529. The van der Waals surface area contributed by atoms with Gasteiger partial charge in [0, 0.05) is 0 Å². The van der Waals surface area contributed by atoms with Crippen molar-refractivity contribution >= 4 is 6.16 Å². The third kappa shape index (κ3) is 33.7. The van der Waals surface area contributed by atoms with Crippen molar-refractivity contribution in [3.05, 3.63) is 72.9 Å². The summed E-state index contributed by atoms with van der Waals surface area (Å²) in [5.41, 5.74) is 0. The van der Waals surface area contributed by atoms with Crippen LogP contribution < -0.4 is 0 Å². The van der Waals surface area contributed by atoms with Crippen LogP contribution in [-0.2, 0) is 9.47 Å². The number of carbonyl (C=O) groups excluding carboxylic acids is 1. The smallest absolute Gasteiger partial charge is 0.434 e. The van der Waals surface area contributed by atoms with Crippen molar-refractivity contribution in [2.24, 2.45) is 0 Å². The van der Waals surface area contributed by atoms with Gasteiger partial charge in [0.1, 0.15) is 0 Å². The molecule has 40 heavy (non-hydrogen) atoms. The molecule has 0 aliphatic heterocycles. The minimum atomic E-state index is -0.502. The second kappa shape index (κ2) is 34.7. The van der Waals surface area contributed by atoms with Gasteiger partial charge in [-0.3, -0.25) is 0 Å². The lowest BCUT2D eigenvalue weighted by Gasteiger charge is -2.06. The van der Waals surface area contributed by atoms with E-state index in [0.29, 0.717) is 13.2 Å². The molecule has 0 aromatic carbocycles. The van der Waals surface area contributed by atoms with Crippen molar-refractivity contribution in [3.63, 3.8) is 0 Å². The van der Waals surface area contributed by atoms with E-state index in [-0.39, 0.29) is 0 Å². The molecule has 0 aliphatic rings.